The molecule has 11 heteroatoms. The molecule has 4 N–H and O–H groups in total. The van der Waals surface area contributed by atoms with Gasteiger partial charge >= 0.3 is 5.97 Å². The van der Waals surface area contributed by atoms with Crippen LogP contribution in [-0.2, 0) is 35.8 Å². The van der Waals surface area contributed by atoms with Gasteiger partial charge in [-0.15, -0.1) is 0 Å². The van der Waals surface area contributed by atoms with Crippen molar-refractivity contribution in [3.63, 3.8) is 0 Å². The van der Waals surface area contributed by atoms with Crippen LogP contribution in [0.1, 0.15) is 58.7 Å². The van der Waals surface area contributed by atoms with Crippen molar-refractivity contribution < 1.29 is 29.3 Å². The van der Waals surface area contributed by atoms with Gasteiger partial charge in [-0.25, -0.2) is 0 Å². The summed E-state index contributed by atoms with van der Waals surface area (Å²) in [4.78, 5) is 27.5. The molecule has 1 aliphatic rings. The number of aryl methyl sites for hydroxylation is 1. The van der Waals surface area contributed by atoms with E-state index in [0.29, 0.717) is 45.6 Å². The predicted molar refractivity (Wildman–Crippen MR) is 215 cm³/mol. The second-order valence-electron chi connectivity index (χ2n) is 14.5. The molecule has 0 saturated carbocycles. The van der Waals surface area contributed by atoms with Crippen molar-refractivity contribution in [1.29, 1.82) is 5.26 Å². The van der Waals surface area contributed by atoms with E-state index in [4.69, 9.17) is 21.1 Å². The number of rotatable bonds is 16. The minimum absolute atomic E-state index is 0.0282. The topological polar surface area (TPSA) is 154 Å². The highest BCUT2D eigenvalue weighted by molar-refractivity contribution is 6.32. The number of aliphatic hydroxyl groups is 1. The third-order valence-electron chi connectivity index (χ3n) is 10.5. The molecule has 288 valence electrons. The molecule has 1 aliphatic heterocycles. The second kappa shape index (κ2) is 17.8. The molecule has 2 heterocycles. The van der Waals surface area contributed by atoms with Crippen LogP contribution < -0.4 is 20.1 Å². The van der Waals surface area contributed by atoms with Gasteiger partial charge in [0.25, 0.3) is 0 Å². The average molecular weight is 773 g/mol. The highest BCUT2D eigenvalue weighted by atomic mass is 35.5. The number of hydrogen-bond acceptors (Lipinski definition) is 8. The standard InChI is InChI=1S/C45H45ClN4O6/c1-28-35(6-4-8-38(28)39-9-5-7-37(29(39)2)34-14-12-30(13-15-34)10-11-31-17-43(52)49-23-31)26-56-42-19-41(55-25-33-16-32(20-47)21-48-22-33)36(18-40(42)46)24-50-45(3,27-51)44(53)54/h4-9,12-16,18-19,21-22,31,50-51H,10-11,17,23-27H2,1-3H3,(H,49,52)(H,53,54)/t31?,45-/m0/s1. The Balaban J connectivity index is 1.20. The summed E-state index contributed by atoms with van der Waals surface area (Å²) >= 11 is 6.76. The van der Waals surface area contributed by atoms with E-state index in [1.165, 1.54) is 24.2 Å². The monoisotopic (exact) mass is 772 g/mol. The Morgan fingerprint density at radius 3 is 2.36 bits per heavy atom. The van der Waals surface area contributed by atoms with E-state index in [1.807, 2.05) is 12.1 Å². The summed E-state index contributed by atoms with van der Waals surface area (Å²) in [6, 6.07) is 28.3. The summed E-state index contributed by atoms with van der Waals surface area (Å²) in [7, 11) is 0. The lowest BCUT2D eigenvalue weighted by molar-refractivity contribution is -0.146. The van der Waals surface area contributed by atoms with Crippen LogP contribution in [0.3, 0.4) is 0 Å². The Labute approximate surface area is 332 Å². The number of pyridine rings is 1. The number of aliphatic carboxylic acids is 1. The van der Waals surface area contributed by atoms with Crippen molar-refractivity contribution in [2.45, 2.75) is 65.3 Å². The number of aliphatic hydroxyl groups excluding tert-OH is 1. The van der Waals surface area contributed by atoms with E-state index in [-0.39, 0.29) is 25.7 Å². The summed E-state index contributed by atoms with van der Waals surface area (Å²) < 4.78 is 12.5. The molecule has 5 aromatic rings. The molecule has 0 aliphatic carbocycles. The SMILES string of the molecule is Cc1c(COc2cc(OCc3cncc(C#N)c3)c(CN[C@@](C)(CO)C(=O)O)cc2Cl)cccc1-c1cccc(-c2ccc(CCC3CNC(=O)C3)cc2)c1C. The van der Waals surface area contributed by atoms with Crippen molar-refractivity contribution in [2.75, 3.05) is 13.2 Å². The first-order valence-corrected chi connectivity index (χ1v) is 18.9. The zero-order valence-corrected chi connectivity index (χ0v) is 32.5. The van der Waals surface area contributed by atoms with Crippen LogP contribution in [0.5, 0.6) is 11.5 Å². The Hall–Kier alpha value is -5.73. The Kier molecular flexibility index (Phi) is 12.7. The third-order valence-corrected chi connectivity index (χ3v) is 10.8. The third kappa shape index (κ3) is 9.37. The number of nitriles is 1. The largest absolute Gasteiger partial charge is 0.488 e. The van der Waals surface area contributed by atoms with Gasteiger partial charge in [-0.2, -0.15) is 5.26 Å². The van der Waals surface area contributed by atoms with Crippen LogP contribution in [0.2, 0.25) is 5.02 Å². The van der Waals surface area contributed by atoms with Gasteiger partial charge in [0.15, 0.2) is 0 Å². The fraction of sp³-hybridized carbons (Fsp3) is 0.289. The van der Waals surface area contributed by atoms with Crippen molar-refractivity contribution in [2.24, 2.45) is 5.92 Å². The molecule has 56 heavy (non-hydrogen) atoms. The number of nitrogens with one attached hydrogen (secondary N) is 2. The number of carboxylic acids is 1. The van der Waals surface area contributed by atoms with Gasteiger partial charge in [0.2, 0.25) is 5.91 Å². The molecule has 0 bridgehead atoms. The zero-order valence-electron chi connectivity index (χ0n) is 31.7. The Morgan fingerprint density at radius 1 is 0.946 bits per heavy atom. The Bertz CT molecular complexity index is 2270. The maximum Gasteiger partial charge on any atom is 0.326 e. The number of amides is 1. The van der Waals surface area contributed by atoms with Crippen LogP contribution in [0.25, 0.3) is 22.3 Å². The van der Waals surface area contributed by atoms with Crippen LogP contribution in [0, 0.1) is 31.1 Å². The van der Waals surface area contributed by atoms with Crippen LogP contribution >= 0.6 is 11.6 Å². The summed E-state index contributed by atoms with van der Waals surface area (Å²) in [5, 5.41) is 34.9. The quantitative estimate of drug-likeness (QED) is 0.0790. The molecule has 2 atom stereocenters. The number of benzene rings is 4. The highest BCUT2D eigenvalue weighted by Gasteiger charge is 2.32. The maximum atomic E-state index is 11.8. The normalized spacial score (nSPS) is 14.8. The van der Waals surface area contributed by atoms with Gasteiger partial charge in [0.1, 0.15) is 36.3 Å². The maximum absolute atomic E-state index is 11.8. The molecule has 0 radical (unpaired) electrons. The van der Waals surface area contributed by atoms with E-state index >= 15 is 0 Å². The van der Waals surface area contributed by atoms with Gasteiger partial charge in [0, 0.05) is 49.1 Å². The van der Waals surface area contributed by atoms with Gasteiger partial charge in [-0.1, -0.05) is 72.3 Å². The van der Waals surface area contributed by atoms with E-state index in [1.54, 1.807) is 24.4 Å². The van der Waals surface area contributed by atoms with Crippen molar-refractivity contribution in [3.05, 3.63) is 135 Å². The van der Waals surface area contributed by atoms with Gasteiger partial charge in [-0.3, -0.25) is 19.9 Å². The number of ether oxygens (including phenoxy) is 2. The van der Waals surface area contributed by atoms with Crippen LogP contribution in [0.15, 0.2) is 91.3 Å². The fourth-order valence-corrected chi connectivity index (χ4v) is 7.10. The van der Waals surface area contributed by atoms with E-state index in [9.17, 15) is 25.1 Å². The molecule has 4 aromatic carbocycles. The Morgan fingerprint density at radius 2 is 1.66 bits per heavy atom. The second-order valence-corrected chi connectivity index (χ2v) is 14.9. The van der Waals surface area contributed by atoms with Gasteiger partial charge < -0.3 is 25.0 Å². The van der Waals surface area contributed by atoms with Crippen molar-refractivity contribution >= 4 is 23.5 Å². The van der Waals surface area contributed by atoms with Crippen molar-refractivity contribution in [3.8, 4) is 39.8 Å². The molecule has 1 saturated heterocycles. The summed E-state index contributed by atoms with van der Waals surface area (Å²) in [6.45, 7) is 6.10. The number of aromatic nitrogens is 1. The molecular formula is C45H45ClN4O6. The average Bonchev–Trinajstić information content (AvgIpc) is 3.63. The number of nitrogens with zero attached hydrogens (tertiary/aromatic N) is 2. The summed E-state index contributed by atoms with van der Waals surface area (Å²) in [5.41, 5.74) is 9.02. The minimum Gasteiger partial charge on any atom is -0.488 e. The number of hydrogen-bond donors (Lipinski definition) is 4. The first-order chi connectivity index (χ1) is 27.0. The number of carbonyl (C=O) groups excluding carboxylic acids is 1. The van der Waals surface area contributed by atoms with Gasteiger partial charge in [-0.05, 0) is 96.2 Å². The smallest absolute Gasteiger partial charge is 0.326 e. The summed E-state index contributed by atoms with van der Waals surface area (Å²) in [6.07, 6.45) is 5.62. The van der Waals surface area contributed by atoms with E-state index in [2.05, 4.69) is 84.1 Å². The fourth-order valence-electron chi connectivity index (χ4n) is 6.86. The molecule has 1 fully saturated rings. The van der Waals surface area contributed by atoms with Gasteiger partial charge in [0.05, 0.1) is 17.2 Å². The lowest BCUT2D eigenvalue weighted by Crippen LogP contribution is -2.52. The van der Waals surface area contributed by atoms with E-state index in [0.717, 1.165) is 52.8 Å². The van der Waals surface area contributed by atoms with Crippen molar-refractivity contribution in [1.82, 2.24) is 15.6 Å². The van der Waals surface area contributed by atoms with E-state index < -0.39 is 18.1 Å². The molecule has 1 aromatic heterocycles. The molecule has 1 unspecified atom stereocenters. The molecule has 6 rings (SSSR count). The molecule has 0 spiro atoms. The molecule has 10 nitrogen and oxygen atoms in total. The summed E-state index contributed by atoms with van der Waals surface area (Å²) in [5.74, 6) is 0.112. The minimum atomic E-state index is -1.59. The first-order valence-electron chi connectivity index (χ1n) is 18.5. The first kappa shape index (κ1) is 39.9. The molecule has 1 amide bonds. The zero-order chi connectivity index (χ0) is 39.8. The lowest BCUT2D eigenvalue weighted by Gasteiger charge is -2.25. The van der Waals surface area contributed by atoms with Crippen LogP contribution in [-0.4, -0.2) is 45.8 Å². The predicted octanol–water partition coefficient (Wildman–Crippen LogP) is 7.71. The lowest BCUT2D eigenvalue weighted by atomic mass is 9.89. The van der Waals surface area contributed by atoms with Crippen LogP contribution in [0.4, 0.5) is 0 Å². The highest BCUT2D eigenvalue weighted by Crippen LogP contribution is 2.37. The number of carbonyl (C=O) groups is 2. The number of carboxylic acid groups (broad SMARTS) is 1. The molecular weight excluding hydrogens is 728 g/mol. The number of halogens is 1.